The Morgan fingerprint density at radius 1 is 1.45 bits per heavy atom. The number of aliphatic carboxylic acids is 1. The molecule has 20 heavy (non-hydrogen) atoms. The number of carbonyl (C=O) groups excluding carboxylic acids is 1. The molecule has 1 atom stereocenters. The highest BCUT2D eigenvalue weighted by atomic mass is 16.4. The largest absolute Gasteiger partial charge is 0.478 e. The Morgan fingerprint density at radius 3 is 2.95 bits per heavy atom. The van der Waals surface area contributed by atoms with Crippen molar-refractivity contribution in [1.82, 2.24) is 9.88 Å². The standard InChI is InChI=1S/C15H18N2O3/c1-11-5-2-3-10-17(11)15(20)14-12(6-4-9-16-14)7-8-13(18)19/h4,6-9,11H,2-3,5,10H2,1H3,(H,18,19)/b8-7+. The van der Waals surface area contributed by atoms with Gasteiger partial charge in [-0.05, 0) is 38.3 Å². The van der Waals surface area contributed by atoms with Gasteiger partial charge < -0.3 is 10.0 Å². The molecule has 1 aromatic rings. The fraction of sp³-hybridized carbons (Fsp3) is 0.400. The molecule has 0 spiro atoms. The highest BCUT2D eigenvalue weighted by molar-refractivity contribution is 5.97. The van der Waals surface area contributed by atoms with Crippen LogP contribution in [0.2, 0.25) is 0 Å². The van der Waals surface area contributed by atoms with E-state index < -0.39 is 5.97 Å². The summed E-state index contributed by atoms with van der Waals surface area (Å²) >= 11 is 0. The first-order chi connectivity index (χ1) is 9.59. The molecule has 1 N–H and O–H groups in total. The average Bonchev–Trinajstić information content (AvgIpc) is 2.45. The number of carboxylic acids is 1. The Balaban J connectivity index is 2.27. The summed E-state index contributed by atoms with van der Waals surface area (Å²) in [6.45, 7) is 2.77. The van der Waals surface area contributed by atoms with E-state index in [0.717, 1.165) is 31.9 Å². The van der Waals surface area contributed by atoms with E-state index in [4.69, 9.17) is 5.11 Å². The fourth-order valence-electron chi connectivity index (χ4n) is 2.43. The molecule has 1 amide bonds. The van der Waals surface area contributed by atoms with Gasteiger partial charge in [-0.15, -0.1) is 0 Å². The van der Waals surface area contributed by atoms with Gasteiger partial charge in [0, 0.05) is 30.4 Å². The third kappa shape index (κ3) is 3.23. The van der Waals surface area contributed by atoms with Crippen molar-refractivity contribution in [3.05, 3.63) is 35.7 Å². The van der Waals surface area contributed by atoms with Crippen LogP contribution in [0, 0.1) is 0 Å². The maximum Gasteiger partial charge on any atom is 0.328 e. The first-order valence-corrected chi connectivity index (χ1v) is 6.76. The van der Waals surface area contributed by atoms with Crippen LogP contribution < -0.4 is 0 Å². The van der Waals surface area contributed by atoms with Crippen molar-refractivity contribution >= 4 is 18.0 Å². The molecule has 1 saturated heterocycles. The summed E-state index contributed by atoms with van der Waals surface area (Å²) in [6.07, 6.45) is 7.13. The molecule has 0 aromatic carbocycles. The van der Waals surface area contributed by atoms with Gasteiger partial charge in [0.05, 0.1) is 0 Å². The molecule has 2 heterocycles. The predicted octanol–water partition coefficient (Wildman–Crippen LogP) is 2.19. The molecule has 1 unspecified atom stereocenters. The van der Waals surface area contributed by atoms with E-state index >= 15 is 0 Å². The number of hydrogen-bond acceptors (Lipinski definition) is 3. The van der Waals surface area contributed by atoms with E-state index in [2.05, 4.69) is 4.98 Å². The van der Waals surface area contributed by atoms with E-state index in [1.807, 2.05) is 11.8 Å². The van der Waals surface area contributed by atoms with Gasteiger partial charge in [-0.1, -0.05) is 6.07 Å². The van der Waals surface area contributed by atoms with E-state index in [1.165, 1.54) is 6.08 Å². The predicted molar refractivity (Wildman–Crippen MR) is 75.3 cm³/mol. The van der Waals surface area contributed by atoms with Gasteiger partial charge >= 0.3 is 5.97 Å². The van der Waals surface area contributed by atoms with Crippen molar-refractivity contribution in [2.24, 2.45) is 0 Å². The third-order valence-electron chi connectivity index (χ3n) is 3.51. The summed E-state index contributed by atoms with van der Waals surface area (Å²) in [6, 6.07) is 3.60. The van der Waals surface area contributed by atoms with Crippen LogP contribution in [0.5, 0.6) is 0 Å². The summed E-state index contributed by atoms with van der Waals surface area (Å²) in [5.41, 5.74) is 0.858. The first-order valence-electron chi connectivity index (χ1n) is 6.76. The van der Waals surface area contributed by atoms with E-state index in [0.29, 0.717) is 11.3 Å². The monoisotopic (exact) mass is 274 g/mol. The van der Waals surface area contributed by atoms with Crippen molar-refractivity contribution in [3.8, 4) is 0 Å². The van der Waals surface area contributed by atoms with Crippen LogP contribution in [0.25, 0.3) is 6.08 Å². The lowest BCUT2D eigenvalue weighted by molar-refractivity contribution is -0.131. The second-order valence-corrected chi connectivity index (χ2v) is 4.96. The van der Waals surface area contributed by atoms with E-state index in [9.17, 15) is 9.59 Å². The minimum atomic E-state index is -1.04. The van der Waals surface area contributed by atoms with Crippen molar-refractivity contribution < 1.29 is 14.7 Å². The quantitative estimate of drug-likeness (QED) is 0.858. The molecule has 5 heteroatoms. The zero-order valence-corrected chi connectivity index (χ0v) is 11.5. The van der Waals surface area contributed by atoms with Crippen LogP contribution in [-0.4, -0.2) is 39.5 Å². The number of amides is 1. The van der Waals surface area contributed by atoms with Crippen molar-refractivity contribution in [3.63, 3.8) is 0 Å². The zero-order valence-electron chi connectivity index (χ0n) is 11.5. The van der Waals surface area contributed by atoms with Gasteiger partial charge in [-0.2, -0.15) is 0 Å². The van der Waals surface area contributed by atoms with Gasteiger partial charge in [0.15, 0.2) is 0 Å². The number of piperidine rings is 1. The fourth-order valence-corrected chi connectivity index (χ4v) is 2.43. The molecule has 0 bridgehead atoms. The number of carboxylic acid groups (broad SMARTS) is 1. The van der Waals surface area contributed by atoms with Gasteiger partial charge in [-0.25, -0.2) is 4.79 Å². The summed E-state index contributed by atoms with van der Waals surface area (Å²) in [5.74, 6) is -1.17. The molecule has 106 valence electrons. The molecule has 1 aliphatic rings. The van der Waals surface area contributed by atoms with Crippen LogP contribution in [0.4, 0.5) is 0 Å². The van der Waals surface area contributed by atoms with Gasteiger partial charge in [0.1, 0.15) is 5.69 Å². The second kappa shape index (κ2) is 6.32. The Hall–Kier alpha value is -2.17. The van der Waals surface area contributed by atoms with Crippen molar-refractivity contribution in [1.29, 1.82) is 0 Å². The third-order valence-corrected chi connectivity index (χ3v) is 3.51. The Morgan fingerprint density at radius 2 is 2.25 bits per heavy atom. The van der Waals surface area contributed by atoms with E-state index in [1.54, 1.807) is 18.3 Å². The average molecular weight is 274 g/mol. The summed E-state index contributed by atoms with van der Waals surface area (Å²) in [4.78, 5) is 29.1. The van der Waals surface area contributed by atoms with Gasteiger partial charge in [0.2, 0.25) is 0 Å². The summed E-state index contributed by atoms with van der Waals surface area (Å²) in [5, 5.41) is 8.69. The highest BCUT2D eigenvalue weighted by Gasteiger charge is 2.26. The van der Waals surface area contributed by atoms with Crippen LogP contribution in [0.3, 0.4) is 0 Å². The minimum Gasteiger partial charge on any atom is -0.478 e. The number of nitrogens with zero attached hydrogens (tertiary/aromatic N) is 2. The van der Waals surface area contributed by atoms with Crippen LogP contribution in [0.15, 0.2) is 24.4 Å². The minimum absolute atomic E-state index is 0.122. The molecule has 5 nitrogen and oxygen atoms in total. The molecule has 0 aliphatic carbocycles. The first kappa shape index (κ1) is 14.2. The molecule has 1 fully saturated rings. The molecule has 1 aromatic heterocycles. The molecular formula is C15H18N2O3. The number of likely N-dealkylation sites (tertiary alicyclic amines) is 1. The molecule has 1 aliphatic heterocycles. The Kier molecular flexibility index (Phi) is 4.50. The maximum atomic E-state index is 12.6. The van der Waals surface area contributed by atoms with Crippen molar-refractivity contribution in [2.45, 2.75) is 32.2 Å². The molecular weight excluding hydrogens is 256 g/mol. The van der Waals surface area contributed by atoms with E-state index in [-0.39, 0.29) is 11.9 Å². The van der Waals surface area contributed by atoms with Crippen molar-refractivity contribution in [2.75, 3.05) is 6.54 Å². The number of carbonyl (C=O) groups is 2. The molecule has 0 radical (unpaired) electrons. The Bertz CT molecular complexity index is 540. The second-order valence-electron chi connectivity index (χ2n) is 4.96. The summed E-state index contributed by atoms with van der Waals surface area (Å²) < 4.78 is 0. The zero-order chi connectivity index (χ0) is 14.5. The SMILES string of the molecule is CC1CCCCN1C(=O)c1ncccc1/C=C/C(=O)O. The summed E-state index contributed by atoms with van der Waals surface area (Å²) in [7, 11) is 0. The van der Waals surface area contributed by atoms with Crippen LogP contribution in [0.1, 0.15) is 42.2 Å². The topological polar surface area (TPSA) is 70.5 Å². The Labute approximate surface area is 117 Å². The number of pyridine rings is 1. The number of hydrogen-bond donors (Lipinski definition) is 1. The van der Waals surface area contributed by atoms with Crippen LogP contribution >= 0.6 is 0 Å². The van der Waals surface area contributed by atoms with Crippen LogP contribution in [-0.2, 0) is 4.79 Å². The highest BCUT2D eigenvalue weighted by Crippen LogP contribution is 2.20. The number of aromatic nitrogens is 1. The smallest absolute Gasteiger partial charge is 0.328 e. The lowest BCUT2D eigenvalue weighted by atomic mass is 10.0. The normalized spacial score (nSPS) is 19.2. The lowest BCUT2D eigenvalue weighted by Gasteiger charge is -2.33. The van der Waals surface area contributed by atoms with Gasteiger partial charge in [0.25, 0.3) is 5.91 Å². The maximum absolute atomic E-state index is 12.6. The molecule has 0 saturated carbocycles. The number of rotatable bonds is 3. The van der Waals surface area contributed by atoms with Gasteiger partial charge in [-0.3, -0.25) is 9.78 Å². The molecule has 2 rings (SSSR count). The lowest BCUT2D eigenvalue weighted by Crippen LogP contribution is -2.42.